The van der Waals surface area contributed by atoms with E-state index in [1.807, 2.05) is 0 Å². The molecule has 0 aromatic rings. The maximum absolute atomic E-state index is 11.6. The highest BCUT2D eigenvalue weighted by molar-refractivity contribution is 6.32. The summed E-state index contributed by atoms with van der Waals surface area (Å²) < 4.78 is 4.70. The van der Waals surface area contributed by atoms with Crippen molar-refractivity contribution in [3.63, 3.8) is 0 Å². The minimum Gasteiger partial charge on any atom is -0.459 e. The summed E-state index contributed by atoms with van der Waals surface area (Å²) in [6.07, 6.45) is 1.12. The number of esters is 1. The lowest BCUT2D eigenvalue weighted by molar-refractivity contribution is -0.161. The fourth-order valence-electron chi connectivity index (χ4n) is 2.15. The summed E-state index contributed by atoms with van der Waals surface area (Å²) in [6.45, 7) is 7.49. The van der Waals surface area contributed by atoms with Crippen LogP contribution in [0.3, 0.4) is 0 Å². The van der Waals surface area contributed by atoms with Crippen LogP contribution in [0.15, 0.2) is 0 Å². The number of hydrogen-bond donors (Lipinski definition) is 0. The summed E-state index contributed by atoms with van der Waals surface area (Å²) >= 11 is 0. The SMILES string of the molecule is CCOC(=O)C(=O)N1C[C@H](C)C[C@H](C)C1. The Balaban J connectivity index is 2.55. The molecule has 1 saturated heterocycles. The Hall–Kier alpha value is -1.06. The van der Waals surface area contributed by atoms with Gasteiger partial charge in [0.15, 0.2) is 0 Å². The fraction of sp³-hybridized carbons (Fsp3) is 0.818. The molecule has 1 aliphatic heterocycles. The van der Waals surface area contributed by atoms with Crippen molar-refractivity contribution >= 4 is 11.9 Å². The van der Waals surface area contributed by atoms with Gasteiger partial charge in [0.2, 0.25) is 0 Å². The van der Waals surface area contributed by atoms with Gasteiger partial charge in [-0.3, -0.25) is 4.79 Å². The fourth-order valence-corrected chi connectivity index (χ4v) is 2.15. The molecule has 2 atom stereocenters. The summed E-state index contributed by atoms with van der Waals surface area (Å²) in [5.74, 6) is -0.284. The Bertz CT molecular complexity index is 242. The highest BCUT2D eigenvalue weighted by Crippen LogP contribution is 2.20. The van der Waals surface area contributed by atoms with Gasteiger partial charge >= 0.3 is 11.9 Å². The van der Waals surface area contributed by atoms with E-state index in [0.29, 0.717) is 24.9 Å². The number of nitrogens with zero attached hydrogens (tertiary/aromatic N) is 1. The molecule has 1 rings (SSSR count). The minimum atomic E-state index is -0.723. The molecule has 1 fully saturated rings. The van der Waals surface area contributed by atoms with Gasteiger partial charge in [-0.05, 0) is 25.2 Å². The molecule has 0 radical (unpaired) electrons. The zero-order valence-electron chi connectivity index (χ0n) is 9.66. The Morgan fingerprint density at radius 3 is 2.27 bits per heavy atom. The summed E-state index contributed by atoms with van der Waals surface area (Å²) in [6, 6.07) is 0. The topological polar surface area (TPSA) is 46.6 Å². The van der Waals surface area contributed by atoms with Crippen molar-refractivity contribution in [2.45, 2.75) is 27.2 Å². The Morgan fingerprint density at radius 1 is 1.27 bits per heavy atom. The maximum Gasteiger partial charge on any atom is 0.397 e. The van der Waals surface area contributed by atoms with Gasteiger partial charge in [-0.25, -0.2) is 4.79 Å². The first-order chi connectivity index (χ1) is 7.04. The average Bonchev–Trinajstić information content (AvgIpc) is 2.15. The van der Waals surface area contributed by atoms with Gasteiger partial charge in [-0.15, -0.1) is 0 Å². The summed E-state index contributed by atoms with van der Waals surface area (Å²) in [5.41, 5.74) is 0. The van der Waals surface area contributed by atoms with Crippen molar-refractivity contribution in [3.05, 3.63) is 0 Å². The third kappa shape index (κ3) is 3.22. The first kappa shape index (κ1) is 12.0. The predicted molar refractivity (Wildman–Crippen MR) is 56.2 cm³/mol. The zero-order chi connectivity index (χ0) is 11.4. The van der Waals surface area contributed by atoms with E-state index in [9.17, 15) is 9.59 Å². The van der Waals surface area contributed by atoms with Crippen LogP contribution in [-0.4, -0.2) is 36.5 Å². The third-order valence-electron chi connectivity index (χ3n) is 2.61. The van der Waals surface area contributed by atoms with Crippen molar-refractivity contribution in [2.24, 2.45) is 11.8 Å². The van der Waals surface area contributed by atoms with Crippen LogP contribution in [0.1, 0.15) is 27.2 Å². The molecule has 4 heteroatoms. The molecular weight excluding hydrogens is 194 g/mol. The van der Waals surface area contributed by atoms with Crippen LogP contribution in [-0.2, 0) is 14.3 Å². The van der Waals surface area contributed by atoms with Gasteiger partial charge in [-0.2, -0.15) is 0 Å². The van der Waals surface area contributed by atoms with E-state index < -0.39 is 11.9 Å². The van der Waals surface area contributed by atoms with Gasteiger partial charge in [0.25, 0.3) is 0 Å². The first-order valence-corrected chi connectivity index (χ1v) is 5.50. The molecule has 0 aromatic carbocycles. The molecule has 15 heavy (non-hydrogen) atoms. The van der Waals surface area contributed by atoms with Crippen LogP contribution in [0.5, 0.6) is 0 Å². The number of amides is 1. The number of ether oxygens (including phenoxy) is 1. The quantitative estimate of drug-likeness (QED) is 0.483. The number of piperidine rings is 1. The predicted octanol–water partition coefficient (Wildman–Crippen LogP) is 1.05. The molecule has 0 bridgehead atoms. The van der Waals surface area contributed by atoms with Gasteiger partial charge in [0.05, 0.1) is 6.61 Å². The summed E-state index contributed by atoms with van der Waals surface area (Å²) in [4.78, 5) is 24.5. The largest absolute Gasteiger partial charge is 0.459 e. The van der Waals surface area contributed by atoms with Crippen LogP contribution in [0.4, 0.5) is 0 Å². The first-order valence-electron chi connectivity index (χ1n) is 5.50. The smallest absolute Gasteiger partial charge is 0.397 e. The van der Waals surface area contributed by atoms with Crippen molar-refractivity contribution in [1.29, 1.82) is 0 Å². The molecule has 0 aliphatic carbocycles. The molecule has 1 aliphatic rings. The third-order valence-corrected chi connectivity index (χ3v) is 2.61. The number of carbonyl (C=O) groups is 2. The zero-order valence-corrected chi connectivity index (χ0v) is 9.66. The molecule has 4 nitrogen and oxygen atoms in total. The highest BCUT2D eigenvalue weighted by atomic mass is 16.5. The second kappa shape index (κ2) is 5.14. The van der Waals surface area contributed by atoms with E-state index in [-0.39, 0.29) is 6.61 Å². The lowest BCUT2D eigenvalue weighted by Crippen LogP contribution is -2.46. The number of hydrogen-bond acceptors (Lipinski definition) is 3. The second-order valence-electron chi connectivity index (χ2n) is 4.38. The Morgan fingerprint density at radius 2 is 1.80 bits per heavy atom. The van der Waals surface area contributed by atoms with Gasteiger partial charge in [0.1, 0.15) is 0 Å². The Kier molecular flexibility index (Phi) is 4.12. The molecule has 1 heterocycles. The monoisotopic (exact) mass is 213 g/mol. The lowest BCUT2D eigenvalue weighted by Gasteiger charge is -2.34. The van der Waals surface area contributed by atoms with Crippen LogP contribution >= 0.6 is 0 Å². The van der Waals surface area contributed by atoms with E-state index in [0.717, 1.165) is 6.42 Å². The van der Waals surface area contributed by atoms with E-state index in [4.69, 9.17) is 4.74 Å². The molecule has 86 valence electrons. The van der Waals surface area contributed by atoms with E-state index >= 15 is 0 Å². The number of carbonyl (C=O) groups excluding carboxylic acids is 2. The van der Waals surface area contributed by atoms with Crippen molar-refractivity contribution < 1.29 is 14.3 Å². The average molecular weight is 213 g/mol. The Labute approximate surface area is 90.6 Å². The van der Waals surface area contributed by atoms with Gasteiger partial charge in [-0.1, -0.05) is 13.8 Å². The van der Waals surface area contributed by atoms with Crippen LogP contribution < -0.4 is 0 Å². The second-order valence-corrected chi connectivity index (χ2v) is 4.38. The molecule has 1 amide bonds. The van der Waals surface area contributed by atoms with E-state index in [1.165, 1.54) is 0 Å². The highest BCUT2D eigenvalue weighted by Gasteiger charge is 2.29. The van der Waals surface area contributed by atoms with Crippen LogP contribution in [0.2, 0.25) is 0 Å². The number of rotatable bonds is 1. The maximum atomic E-state index is 11.6. The van der Waals surface area contributed by atoms with Gasteiger partial charge < -0.3 is 9.64 Å². The molecule has 0 unspecified atom stereocenters. The number of likely N-dealkylation sites (tertiary alicyclic amines) is 1. The van der Waals surface area contributed by atoms with E-state index in [1.54, 1.807) is 11.8 Å². The summed E-state index contributed by atoms with van der Waals surface area (Å²) in [5, 5.41) is 0. The standard InChI is InChI=1S/C11H19NO3/c1-4-15-11(14)10(13)12-6-8(2)5-9(3)7-12/h8-9H,4-7H2,1-3H3/t8-,9+. The van der Waals surface area contributed by atoms with Crippen molar-refractivity contribution in [3.8, 4) is 0 Å². The summed E-state index contributed by atoms with van der Waals surface area (Å²) in [7, 11) is 0. The lowest BCUT2D eigenvalue weighted by atomic mass is 9.92. The molecule has 0 aromatic heterocycles. The molecular formula is C11H19NO3. The van der Waals surface area contributed by atoms with E-state index in [2.05, 4.69) is 13.8 Å². The molecule has 0 N–H and O–H groups in total. The normalized spacial score (nSPS) is 26.2. The van der Waals surface area contributed by atoms with Crippen molar-refractivity contribution in [2.75, 3.05) is 19.7 Å². The molecule has 0 spiro atoms. The van der Waals surface area contributed by atoms with Crippen LogP contribution in [0.25, 0.3) is 0 Å². The van der Waals surface area contributed by atoms with Gasteiger partial charge in [0, 0.05) is 13.1 Å². The molecule has 0 saturated carbocycles. The minimum absolute atomic E-state index is 0.253. The van der Waals surface area contributed by atoms with Crippen LogP contribution in [0, 0.1) is 11.8 Å². The van der Waals surface area contributed by atoms with Crippen molar-refractivity contribution in [1.82, 2.24) is 4.90 Å².